The fraction of sp³-hybridized carbons (Fsp3) is 0.273. The highest BCUT2D eigenvalue weighted by Crippen LogP contribution is 2.04. The fourth-order valence-corrected chi connectivity index (χ4v) is 1.11. The van der Waals surface area contributed by atoms with Gasteiger partial charge in [0.1, 0.15) is 6.42 Å². The van der Waals surface area contributed by atoms with E-state index in [9.17, 15) is 19.7 Å². The number of esters is 1. The number of H-pyrrole nitrogens is 1. The Balaban J connectivity index is 2.83. The summed E-state index contributed by atoms with van der Waals surface area (Å²) in [6.45, 7) is 1.95. The minimum absolute atomic E-state index is 0.110. The molecule has 1 aromatic heterocycles. The van der Waals surface area contributed by atoms with Crippen LogP contribution in [0.5, 0.6) is 0 Å². The van der Waals surface area contributed by atoms with Crippen molar-refractivity contribution in [1.82, 2.24) is 4.98 Å². The van der Waals surface area contributed by atoms with Gasteiger partial charge in [0, 0.05) is 17.8 Å². The van der Waals surface area contributed by atoms with Gasteiger partial charge in [0.25, 0.3) is 0 Å². The Morgan fingerprint density at radius 3 is 2.94 bits per heavy atom. The molecule has 7 heteroatoms. The van der Waals surface area contributed by atoms with Gasteiger partial charge in [-0.2, -0.15) is 0 Å². The normalized spacial score (nSPS) is 9.17. The first kappa shape index (κ1) is 13.4. The first-order valence-corrected chi connectivity index (χ1v) is 5.06. The third kappa shape index (κ3) is 3.75. The molecule has 0 saturated heterocycles. The molecule has 0 unspecified atom stereocenters. The van der Waals surface area contributed by atoms with Crippen molar-refractivity contribution in [3.8, 4) is 11.8 Å². The molecule has 0 spiro atoms. The van der Waals surface area contributed by atoms with Gasteiger partial charge in [-0.3, -0.25) is 19.7 Å². The molecule has 1 aromatic rings. The number of aromatic nitrogens is 1. The molecule has 7 nitrogen and oxygen atoms in total. The SMILES string of the molecule is CCOC(=O)CC#Cc1c[nH]c(=O)c([N+](=O)[O-])c1. The summed E-state index contributed by atoms with van der Waals surface area (Å²) >= 11 is 0. The highest BCUT2D eigenvalue weighted by atomic mass is 16.6. The predicted octanol–water partition coefficient (Wildman–Crippen LogP) is 0.588. The predicted molar refractivity (Wildman–Crippen MR) is 61.8 cm³/mol. The molecule has 0 fully saturated rings. The van der Waals surface area contributed by atoms with E-state index in [4.69, 9.17) is 0 Å². The van der Waals surface area contributed by atoms with Crippen molar-refractivity contribution in [1.29, 1.82) is 0 Å². The van der Waals surface area contributed by atoms with Crippen molar-refractivity contribution in [2.45, 2.75) is 13.3 Å². The second kappa shape index (κ2) is 6.20. The first-order chi connectivity index (χ1) is 8.54. The number of pyridine rings is 1. The topological polar surface area (TPSA) is 102 Å². The van der Waals surface area contributed by atoms with Crippen LogP contribution in [0.15, 0.2) is 17.1 Å². The molecule has 1 N–H and O–H groups in total. The highest BCUT2D eigenvalue weighted by Gasteiger charge is 2.11. The van der Waals surface area contributed by atoms with Crippen LogP contribution >= 0.6 is 0 Å². The number of aromatic amines is 1. The molecule has 1 rings (SSSR count). The Bertz CT molecular complexity index is 579. The smallest absolute Gasteiger partial charge is 0.335 e. The molecule has 18 heavy (non-hydrogen) atoms. The molecule has 94 valence electrons. The summed E-state index contributed by atoms with van der Waals surface area (Å²) in [5, 5.41) is 10.5. The van der Waals surface area contributed by atoms with E-state index in [1.165, 1.54) is 6.20 Å². The second-order valence-electron chi connectivity index (χ2n) is 3.14. The molecule has 0 atom stereocenters. The lowest BCUT2D eigenvalue weighted by Gasteiger charge is -1.95. The van der Waals surface area contributed by atoms with E-state index in [-0.39, 0.29) is 18.6 Å². The van der Waals surface area contributed by atoms with Crippen LogP contribution in [0, 0.1) is 22.0 Å². The number of carbonyl (C=O) groups is 1. The number of nitrogens with zero attached hydrogens (tertiary/aromatic N) is 1. The molecule has 0 saturated carbocycles. The molecular weight excluding hydrogens is 240 g/mol. The molecule has 0 aliphatic carbocycles. The number of nitrogens with one attached hydrogen (secondary N) is 1. The van der Waals surface area contributed by atoms with Gasteiger partial charge in [0.05, 0.1) is 11.5 Å². The fourth-order valence-electron chi connectivity index (χ4n) is 1.11. The lowest BCUT2D eigenvalue weighted by atomic mass is 10.2. The van der Waals surface area contributed by atoms with Crippen LogP contribution in [0.25, 0.3) is 0 Å². The van der Waals surface area contributed by atoms with Gasteiger partial charge in [-0.05, 0) is 6.92 Å². The molecule has 0 bridgehead atoms. The van der Waals surface area contributed by atoms with E-state index >= 15 is 0 Å². The zero-order valence-electron chi connectivity index (χ0n) is 9.56. The summed E-state index contributed by atoms with van der Waals surface area (Å²) in [6, 6.07) is 1.05. The van der Waals surface area contributed by atoms with Crippen LogP contribution in [0.4, 0.5) is 5.69 Å². The summed E-state index contributed by atoms with van der Waals surface area (Å²) in [7, 11) is 0. The van der Waals surface area contributed by atoms with Gasteiger partial charge in [-0.25, -0.2) is 0 Å². The van der Waals surface area contributed by atoms with E-state index in [1.54, 1.807) is 6.92 Å². The Morgan fingerprint density at radius 2 is 2.33 bits per heavy atom. The average molecular weight is 250 g/mol. The third-order valence-corrected chi connectivity index (χ3v) is 1.85. The zero-order valence-corrected chi connectivity index (χ0v) is 9.56. The van der Waals surface area contributed by atoms with Crippen molar-refractivity contribution >= 4 is 11.7 Å². The maximum atomic E-state index is 11.1. The number of carbonyl (C=O) groups excluding carboxylic acids is 1. The van der Waals surface area contributed by atoms with Gasteiger partial charge in [0.15, 0.2) is 0 Å². The van der Waals surface area contributed by atoms with Gasteiger partial charge in [0.2, 0.25) is 0 Å². The number of rotatable bonds is 3. The van der Waals surface area contributed by atoms with Crippen molar-refractivity contribution in [2.24, 2.45) is 0 Å². The summed E-state index contributed by atoms with van der Waals surface area (Å²) in [6.07, 6.45) is 1.13. The molecule has 0 aliphatic rings. The van der Waals surface area contributed by atoms with E-state index in [2.05, 4.69) is 21.6 Å². The molecule has 1 heterocycles. The lowest BCUT2D eigenvalue weighted by molar-refractivity contribution is -0.386. The molecule has 0 radical (unpaired) electrons. The Hall–Kier alpha value is -2.62. The van der Waals surface area contributed by atoms with Crippen molar-refractivity contribution in [2.75, 3.05) is 6.61 Å². The third-order valence-electron chi connectivity index (χ3n) is 1.85. The Labute approximate surface area is 102 Å². The summed E-state index contributed by atoms with van der Waals surface area (Å²) in [5.41, 5.74) is -1.13. The van der Waals surface area contributed by atoms with Crippen LogP contribution in [0.1, 0.15) is 18.9 Å². The standard InChI is InChI=1S/C11H10N2O5/c1-2-18-10(14)5-3-4-8-6-9(13(16)17)11(15)12-7-8/h6-7H,2,5H2,1H3,(H,12,15). The Morgan fingerprint density at radius 1 is 1.61 bits per heavy atom. The van der Waals surface area contributed by atoms with Crippen molar-refractivity contribution in [3.63, 3.8) is 0 Å². The summed E-state index contributed by atoms with van der Waals surface area (Å²) in [5.74, 6) is 4.57. The van der Waals surface area contributed by atoms with Gasteiger partial charge >= 0.3 is 17.2 Å². The first-order valence-electron chi connectivity index (χ1n) is 5.06. The highest BCUT2D eigenvalue weighted by molar-refractivity contribution is 5.72. The largest absolute Gasteiger partial charge is 0.465 e. The summed E-state index contributed by atoms with van der Waals surface area (Å²) in [4.78, 5) is 33.9. The van der Waals surface area contributed by atoms with Crippen molar-refractivity contribution < 1.29 is 14.5 Å². The van der Waals surface area contributed by atoms with Crippen LogP contribution in [0.2, 0.25) is 0 Å². The number of nitro groups is 1. The van der Waals surface area contributed by atoms with E-state index in [0.717, 1.165) is 6.07 Å². The van der Waals surface area contributed by atoms with Crippen LogP contribution in [-0.2, 0) is 9.53 Å². The van der Waals surface area contributed by atoms with E-state index in [1.807, 2.05) is 0 Å². The number of hydrogen-bond acceptors (Lipinski definition) is 5. The lowest BCUT2D eigenvalue weighted by Crippen LogP contribution is -2.10. The second-order valence-corrected chi connectivity index (χ2v) is 3.14. The summed E-state index contributed by atoms with van der Waals surface area (Å²) < 4.78 is 4.65. The Kier molecular flexibility index (Phi) is 4.63. The minimum atomic E-state index is -0.796. The monoisotopic (exact) mass is 250 g/mol. The maximum Gasteiger partial charge on any atom is 0.335 e. The van der Waals surface area contributed by atoms with Crippen LogP contribution in [-0.4, -0.2) is 22.5 Å². The van der Waals surface area contributed by atoms with Gasteiger partial charge in [-0.1, -0.05) is 11.8 Å². The van der Waals surface area contributed by atoms with Gasteiger partial charge < -0.3 is 9.72 Å². The maximum absolute atomic E-state index is 11.1. The van der Waals surface area contributed by atoms with Crippen LogP contribution in [0.3, 0.4) is 0 Å². The average Bonchev–Trinajstić information content (AvgIpc) is 2.31. The van der Waals surface area contributed by atoms with Crippen molar-refractivity contribution in [3.05, 3.63) is 38.3 Å². The molecule has 0 amide bonds. The quantitative estimate of drug-likeness (QED) is 0.366. The zero-order chi connectivity index (χ0) is 13.5. The van der Waals surface area contributed by atoms with E-state index in [0.29, 0.717) is 0 Å². The minimum Gasteiger partial charge on any atom is -0.465 e. The number of ether oxygens (including phenoxy) is 1. The molecular formula is C11H10N2O5. The molecule has 0 aliphatic heterocycles. The van der Waals surface area contributed by atoms with Gasteiger partial charge in [-0.15, -0.1) is 0 Å². The molecule has 0 aromatic carbocycles. The van der Waals surface area contributed by atoms with E-state index < -0.39 is 22.1 Å². The van der Waals surface area contributed by atoms with Crippen LogP contribution < -0.4 is 5.56 Å². The number of hydrogen-bond donors (Lipinski definition) is 1.